The van der Waals surface area contributed by atoms with Gasteiger partial charge in [0.25, 0.3) is 0 Å². The van der Waals surface area contributed by atoms with Crippen LogP contribution in [0.25, 0.3) is 11.1 Å². The van der Waals surface area contributed by atoms with Crippen LogP contribution in [0.2, 0.25) is 0 Å². The molecule has 0 spiro atoms. The van der Waals surface area contributed by atoms with Crippen molar-refractivity contribution < 1.29 is 24.2 Å². The minimum Gasteiger partial charge on any atom is -0.481 e. The number of carbonyl (C=O) groups excluding carboxylic acids is 2. The van der Waals surface area contributed by atoms with Crippen LogP contribution in [0.15, 0.2) is 60.7 Å². The van der Waals surface area contributed by atoms with Gasteiger partial charge < -0.3 is 20.5 Å². The van der Waals surface area contributed by atoms with Crippen molar-refractivity contribution in [3.63, 3.8) is 0 Å². The number of hydrogen-bond donors (Lipinski definition) is 3. The van der Waals surface area contributed by atoms with E-state index in [1.807, 2.05) is 24.3 Å². The lowest BCUT2D eigenvalue weighted by atomic mass is 9.85. The molecule has 7 heteroatoms. The molecule has 2 aromatic carbocycles. The van der Waals surface area contributed by atoms with Gasteiger partial charge >= 0.3 is 12.1 Å². The van der Waals surface area contributed by atoms with Gasteiger partial charge in [0, 0.05) is 24.6 Å². The zero-order valence-electron chi connectivity index (χ0n) is 18.5. The van der Waals surface area contributed by atoms with Gasteiger partial charge in [0.2, 0.25) is 5.91 Å². The largest absolute Gasteiger partial charge is 0.481 e. The zero-order valence-corrected chi connectivity index (χ0v) is 18.5. The summed E-state index contributed by atoms with van der Waals surface area (Å²) in [6, 6.07) is 15.8. The molecule has 172 valence electrons. The molecule has 0 aliphatic heterocycles. The lowest BCUT2D eigenvalue weighted by molar-refractivity contribution is -0.148. The molecule has 4 rings (SSSR count). The maximum atomic E-state index is 12.2. The second-order valence-electron chi connectivity index (χ2n) is 8.78. The predicted molar refractivity (Wildman–Crippen MR) is 124 cm³/mol. The van der Waals surface area contributed by atoms with E-state index in [2.05, 4.69) is 34.9 Å². The molecule has 0 radical (unpaired) electrons. The van der Waals surface area contributed by atoms with E-state index >= 15 is 0 Å². The summed E-state index contributed by atoms with van der Waals surface area (Å²) in [7, 11) is 0. The van der Waals surface area contributed by atoms with Crippen molar-refractivity contribution in [3.05, 3.63) is 71.8 Å². The fourth-order valence-corrected chi connectivity index (χ4v) is 4.83. The molecule has 2 aromatic rings. The Morgan fingerprint density at radius 2 is 1.73 bits per heavy atom. The number of carbonyl (C=O) groups is 3. The van der Waals surface area contributed by atoms with Gasteiger partial charge in [-0.1, -0.05) is 61.0 Å². The highest BCUT2D eigenvalue weighted by atomic mass is 16.5. The Bertz CT molecular complexity index is 1050. The molecule has 0 aromatic heterocycles. The number of carboxylic acids is 1. The first-order valence-electron chi connectivity index (χ1n) is 11.2. The molecule has 2 aliphatic carbocycles. The number of nitrogens with one attached hydrogen (secondary N) is 2. The van der Waals surface area contributed by atoms with Crippen LogP contribution < -0.4 is 10.6 Å². The number of aliphatic carboxylic acids is 1. The van der Waals surface area contributed by atoms with Gasteiger partial charge in [-0.15, -0.1) is 0 Å². The second-order valence-corrected chi connectivity index (χ2v) is 8.78. The third kappa shape index (κ3) is 4.62. The normalized spacial score (nSPS) is 21.4. The standard InChI is InChI=1S/C26H28N2O5/c1-26(24(30)31)14-6-12-22(26)28-23(29)13-7-15-27-25(32)33-16-21-19-10-4-2-8-17(19)18-9-3-5-11-20(18)21/h2-5,7-11,13,21-22H,6,12,14-16H2,1H3,(H,27,32)(H,28,29)(H,30,31)/b13-7+. The molecule has 2 amide bonds. The first kappa shape index (κ1) is 22.6. The number of alkyl carbamates (subject to hydrolysis) is 1. The highest BCUT2D eigenvalue weighted by Gasteiger charge is 2.45. The average Bonchev–Trinajstić information content (AvgIpc) is 3.34. The molecule has 1 fully saturated rings. The molecule has 2 aliphatic rings. The maximum Gasteiger partial charge on any atom is 0.407 e. The van der Waals surface area contributed by atoms with Crippen LogP contribution in [0, 0.1) is 5.41 Å². The first-order valence-corrected chi connectivity index (χ1v) is 11.2. The number of rotatable bonds is 7. The van der Waals surface area contributed by atoms with E-state index in [0.717, 1.165) is 28.7 Å². The van der Waals surface area contributed by atoms with Crippen molar-refractivity contribution in [2.45, 2.75) is 38.1 Å². The Morgan fingerprint density at radius 3 is 2.36 bits per heavy atom. The van der Waals surface area contributed by atoms with Crippen LogP contribution in [0.4, 0.5) is 4.79 Å². The minimum atomic E-state index is -0.941. The van der Waals surface area contributed by atoms with Gasteiger partial charge in [-0.25, -0.2) is 4.79 Å². The van der Waals surface area contributed by atoms with E-state index in [1.54, 1.807) is 6.92 Å². The van der Waals surface area contributed by atoms with Crippen molar-refractivity contribution in [2.24, 2.45) is 5.41 Å². The quantitative estimate of drug-likeness (QED) is 0.558. The molecule has 0 bridgehead atoms. The summed E-state index contributed by atoms with van der Waals surface area (Å²) in [4.78, 5) is 35.8. The zero-order chi connectivity index (χ0) is 23.4. The van der Waals surface area contributed by atoms with Crippen LogP contribution in [-0.4, -0.2) is 42.3 Å². The Labute approximate surface area is 192 Å². The molecule has 3 N–H and O–H groups in total. The topological polar surface area (TPSA) is 105 Å². The summed E-state index contributed by atoms with van der Waals surface area (Å²) in [5, 5.41) is 14.8. The van der Waals surface area contributed by atoms with Crippen LogP contribution in [-0.2, 0) is 14.3 Å². The third-order valence-corrected chi connectivity index (χ3v) is 6.74. The number of hydrogen-bond acceptors (Lipinski definition) is 4. The molecular formula is C26H28N2O5. The molecule has 2 unspecified atom stereocenters. The number of fused-ring (bicyclic) bond motifs is 3. The molecule has 33 heavy (non-hydrogen) atoms. The summed E-state index contributed by atoms with van der Waals surface area (Å²) in [5.41, 5.74) is 3.67. The van der Waals surface area contributed by atoms with E-state index in [0.29, 0.717) is 12.8 Å². The average molecular weight is 449 g/mol. The monoisotopic (exact) mass is 448 g/mol. The first-order chi connectivity index (χ1) is 15.9. The highest BCUT2D eigenvalue weighted by molar-refractivity contribution is 5.88. The summed E-state index contributed by atoms with van der Waals surface area (Å²) >= 11 is 0. The summed E-state index contributed by atoms with van der Waals surface area (Å²) in [5.74, 6) is -1.28. The minimum absolute atomic E-state index is 0.0144. The lowest BCUT2D eigenvalue weighted by Crippen LogP contribution is -2.46. The number of benzene rings is 2. The number of carboxylic acid groups (broad SMARTS) is 1. The van der Waals surface area contributed by atoms with Crippen molar-refractivity contribution in [2.75, 3.05) is 13.2 Å². The summed E-state index contributed by atoms with van der Waals surface area (Å²) in [6.07, 6.45) is 4.21. The Hall–Kier alpha value is -3.61. The summed E-state index contributed by atoms with van der Waals surface area (Å²) in [6.45, 7) is 2.01. The van der Waals surface area contributed by atoms with E-state index < -0.39 is 23.5 Å². The molecule has 0 saturated heterocycles. The van der Waals surface area contributed by atoms with E-state index in [9.17, 15) is 19.5 Å². The van der Waals surface area contributed by atoms with Crippen LogP contribution in [0.5, 0.6) is 0 Å². The third-order valence-electron chi connectivity index (χ3n) is 6.74. The van der Waals surface area contributed by atoms with Gasteiger partial charge in [-0.2, -0.15) is 0 Å². The SMILES string of the molecule is CC1(C(=O)O)CCCC1NC(=O)/C=C/CNC(=O)OCC1c2ccccc2-c2ccccc21. The van der Waals surface area contributed by atoms with E-state index in [4.69, 9.17) is 4.74 Å². The smallest absolute Gasteiger partial charge is 0.407 e. The Morgan fingerprint density at radius 1 is 1.09 bits per heavy atom. The Kier molecular flexibility index (Phi) is 6.49. The summed E-state index contributed by atoms with van der Waals surface area (Å²) < 4.78 is 5.46. The maximum absolute atomic E-state index is 12.2. The number of amides is 2. The highest BCUT2D eigenvalue weighted by Crippen LogP contribution is 2.44. The van der Waals surface area contributed by atoms with Crippen LogP contribution in [0.1, 0.15) is 43.2 Å². The molecule has 2 atom stereocenters. The fourth-order valence-electron chi connectivity index (χ4n) is 4.83. The predicted octanol–water partition coefficient (Wildman–Crippen LogP) is 3.84. The fraction of sp³-hybridized carbons (Fsp3) is 0.346. The van der Waals surface area contributed by atoms with Gasteiger partial charge in [-0.05, 0) is 42.0 Å². The second kappa shape index (κ2) is 9.48. The van der Waals surface area contributed by atoms with Gasteiger partial charge in [-0.3, -0.25) is 9.59 Å². The van der Waals surface area contributed by atoms with Crippen LogP contribution >= 0.6 is 0 Å². The van der Waals surface area contributed by atoms with Crippen molar-refractivity contribution in [3.8, 4) is 11.1 Å². The molecule has 0 heterocycles. The Balaban J connectivity index is 1.25. The van der Waals surface area contributed by atoms with Crippen molar-refractivity contribution in [1.82, 2.24) is 10.6 Å². The van der Waals surface area contributed by atoms with Crippen molar-refractivity contribution >= 4 is 18.0 Å². The molecule has 1 saturated carbocycles. The van der Waals surface area contributed by atoms with Gasteiger partial charge in [0.1, 0.15) is 6.61 Å². The van der Waals surface area contributed by atoms with Gasteiger partial charge in [0.15, 0.2) is 0 Å². The van der Waals surface area contributed by atoms with Gasteiger partial charge in [0.05, 0.1) is 5.41 Å². The lowest BCUT2D eigenvalue weighted by Gasteiger charge is -2.27. The van der Waals surface area contributed by atoms with E-state index in [1.165, 1.54) is 12.2 Å². The number of ether oxygens (including phenoxy) is 1. The molecular weight excluding hydrogens is 420 g/mol. The molecule has 7 nitrogen and oxygen atoms in total. The van der Waals surface area contributed by atoms with Crippen LogP contribution in [0.3, 0.4) is 0 Å². The van der Waals surface area contributed by atoms with E-state index in [-0.39, 0.29) is 25.0 Å². The van der Waals surface area contributed by atoms with Crippen molar-refractivity contribution in [1.29, 1.82) is 0 Å².